The highest BCUT2D eigenvalue weighted by atomic mass is 32.1. The molecular weight excluding hydrogens is 362 g/mol. The quantitative estimate of drug-likeness (QED) is 0.431. The van der Waals surface area contributed by atoms with E-state index in [2.05, 4.69) is 31.2 Å². The van der Waals surface area contributed by atoms with Gasteiger partial charge < -0.3 is 4.74 Å². The predicted molar refractivity (Wildman–Crippen MR) is 107 cm³/mol. The molecule has 0 fully saturated rings. The molecule has 1 heterocycles. The Morgan fingerprint density at radius 3 is 2.26 bits per heavy atom. The van der Waals surface area contributed by atoms with Crippen LogP contribution in [0.2, 0.25) is 0 Å². The Bertz CT molecular complexity index is 965. The van der Waals surface area contributed by atoms with Gasteiger partial charge in [-0.05, 0) is 61.1 Å². The SMILES string of the molecule is Cc1ccc(-c2ccc(-c3ccc(OCC4CC=CC4)c(F)c3F)cc2)s1. The van der Waals surface area contributed by atoms with Crippen LogP contribution in [0.3, 0.4) is 0 Å². The number of hydrogen-bond acceptors (Lipinski definition) is 2. The Balaban J connectivity index is 1.53. The fourth-order valence-corrected chi connectivity index (χ4v) is 4.16. The first-order valence-corrected chi connectivity index (χ1v) is 9.86. The predicted octanol–water partition coefficient (Wildman–Crippen LogP) is 7.01. The lowest BCUT2D eigenvalue weighted by Crippen LogP contribution is -2.10. The van der Waals surface area contributed by atoms with Crippen LogP contribution in [-0.2, 0) is 0 Å². The van der Waals surface area contributed by atoms with Crippen LogP contribution in [-0.4, -0.2) is 6.61 Å². The van der Waals surface area contributed by atoms with E-state index in [9.17, 15) is 8.78 Å². The van der Waals surface area contributed by atoms with Gasteiger partial charge >= 0.3 is 0 Å². The summed E-state index contributed by atoms with van der Waals surface area (Å²) in [6.07, 6.45) is 6.04. The van der Waals surface area contributed by atoms with Crippen molar-refractivity contribution in [1.29, 1.82) is 0 Å². The Morgan fingerprint density at radius 1 is 0.889 bits per heavy atom. The van der Waals surface area contributed by atoms with E-state index < -0.39 is 11.6 Å². The second-order valence-corrected chi connectivity index (χ2v) is 8.13. The van der Waals surface area contributed by atoms with E-state index in [4.69, 9.17) is 4.74 Å². The zero-order valence-corrected chi connectivity index (χ0v) is 15.9. The highest BCUT2D eigenvalue weighted by molar-refractivity contribution is 7.15. The van der Waals surface area contributed by atoms with E-state index in [-0.39, 0.29) is 11.3 Å². The zero-order chi connectivity index (χ0) is 18.8. The van der Waals surface area contributed by atoms with E-state index in [1.165, 1.54) is 10.9 Å². The molecule has 0 bridgehead atoms. The van der Waals surface area contributed by atoms with E-state index in [1.54, 1.807) is 17.4 Å². The van der Waals surface area contributed by atoms with Gasteiger partial charge in [-0.15, -0.1) is 11.3 Å². The molecule has 0 N–H and O–H groups in total. The van der Waals surface area contributed by atoms with E-state index in [1.807, 2.05) is 24.3 Å². The maximum atomic E-state index is 14.6. The molecule has 0 unspecified atom stereocenters. The van der Waals surface area contributed by atoms with Gasteiger partial charge in [-0.25, -0.2) is 4.39 Å². The van der Waals surface area contributed by atoms with Gasteiger partial charge in [-0.2, -0.15) is 4.39 Å². The molecule has 2 aromatic carbocycles. The summed E-state index contributed by atoms with van der Waals surface area (Å²) in [5.41, 5.74) is 1.97. The topological polar surface area (TPSA) is 9.23 Å². The summed E-state index contributed by atoms with van der Waals surface area (Å²) >= 11 is 1.71. The number of rotatable bonds is 5. The van der Waals surface area contributed by atoms with Crippen LogP contribution in [0.4, 0.5) is 8.78 Å². The molecule has 27 heavy (non-hydrogen) atoms. The molecule has 0 spiro atoms. The van der Waals surface area contributed by atoms with Crippen LogP contribution >= 0.6 is 11.3 Å². The van der Waals surface area contributed by atoms with Crippen LogP contribution in [0, 0.1) is 24.5 Å². The molecule has 1 nitrogen and oxygen atoms in total. The molecular formula is C23H20F2OS. The number of halogens is 2. The van der Waals surface area contributed by atoms with Crippen molar-refractivity contribution in [3.63, 3.8) is 0 Å². The highest BCUT2D eigenvalue weighted by Crippen LogP contribution is 2.33. The van der Waals surface area contributed by atoms with Crippen LogP contribution in [0.1, 0.15) is 17.7 Å². The minimum absolute atomic E-state index is 0.0196. The average Bonchev–Trinajstić information content (AvgIpc) is 3.35. The minimum Gasteiger partial charge on any atom is -0.490 e. The first kappa shape index (κ1) is 17.9. The molecule has 0 aliphatic heterocycles. The number of ether oxygens (including phenoxy) is 1. The second kappa shape index (κ2) is 7.65. The zero-order valence-electron chi connectivity index (χ0n) is 15.0. The van der Waals surface area contributed by atoms with Gasteiger partial charge in [-0.3, -0.25) is 0 Å². The Kier molecular flexibility index (Phi) is 5.08. The molecule has 0 saturated heterocycles. The summed E-state index contributed by atoms with van der Waals surface area (Å²) < 4.78 is 34.6. The molecule has 0 radical (unpaired) electrons. The largest absolute Gasteiger partial charge is 0.490 e. The molecule has 138 valence electrons. The van der Waals surface area contributed by atoms with E-state index in [0.717, 1.165) is 23.3 Å². The number of hydrogen-bond donors (Lipinski definition) is 0. The van der Waals surface area contributed by atoms with E-state index in [0.29, 0.717) is 18.1 Å². The van der Waals surface area contributed by atoms with Crippen molar-refractivity contribution in [2.45, 2.75) is 19.8 Å². The van der Waals surface area contributed by atoms with Crippen molar-refractivity contribution < 1.29 is 13.5 Å². The smallest absolute Gasteiger partial charge is 0.201 e. The number of allylic oxidation sites excluding steroid dienone is 2. The molecule has 0 saturated carbocycles. The molecule has 3 aromatic rings. The summed E-state index contributed by atoms with van der Waals surface area (Å²) in [5.74, 6) is -1.46. The fraction of sp³-hybridized carbons (Fsp3) is 0.217. The maximum Gasteiger partial charge on any atom is 0.201 e. The highest BCUT2D eigenvalue weighted by Gasteiger charge is 2.18. The number of aryl methyl sites for hydroxylation is 1. The van der Waals surface area contributed by atoms with Gasteiger partial charge in [-0.1, -0.05) is 36.4 Å². The third kappa shape index (κ3) is 3.81. The lowest BCUT2D eigenvalue weighted by molar-refractivity contribution is 0.243. The van der Waals surface area contributed by atoms with Crippen molar-refractivity contribution >= 4 is 11.3 Å². The number of thiophene rings is 1. The van der Waals surface area contributed by atoms with Crippen LogP contribution < -0.4 is 4.74 Å². The van der Waals surface area contributed by atoms with Crippen LogP contribution in [0.25, 0.3) is 21.6 Å². The Hall–Kier alpha value is -2.46. The van der Waals surface area contributed by atoms with Gasteiger partial charge in [0.15, 0.2) is 11.6 Å². The molecule has 4 rings (SSSR count). The summed E-state index contributed by atoms with van der Waals surface area (Å²) in [4.78, 5) is 2.40. The summed E-state index contributed by atoms with van der Waals surface area (Å²) in [5, 5.41) is 0. The molecule has 0 atom stereocenters. The van der Waals surface area contributed by atoms with Gasteiger partial charge in [0.25, 0.3) is 0 Å². The molecule has 1 aliphatic carbocycles. The van der Waals surface area contributed by atoms with Crippen LogP contribution in [0.5, 0.6) is 5.75 Å². The van der Waals surface area contributed by atoms with Crippen molar-refractivity contribution in [1.82, 2.24) is 0 Å². The fourth-order valence-electron chi connectivity index (χ4n) is 3.29. The van der Waals surface area contributed by atoms with Crippen molar-refractivity contribution in [3.8, 4) is 27.3 Å². The molecule has 4 heteroatoms. The molecule has 0 amide bonds. The van der Waals surface area contributed by atoms with E-state index >= 15 is 0 Å². The summed E-state index contributed by atoms with van der Waals surface area (Å²) in [6.45, 7) is 2.46. The van der Waals surface area contributed by atoms with Gasteiger partial charge in [0.05, 0.1) is 6.61 Å². The molecule has 1 aliphatic rings. The van der Waals surface area contributed by atoms with Crippen molar-refractivity contribution in [2.75, 3.05) is 6.61 Å². The number of benzene rings is 2. The van der Waals surface area contributed by atoms with Gasteiger partial charge in [0.2, 0.25) is 5.82 Å². The van der Waals surface area contributed by atoms with Gasteiger partial charge in [0, 0.05) is 15.3 Å². The third-order valence-electron chi connectivity index (χ3n) is 4.85. The lowest BCUT2D eigenvalue weighted by atomic mass is 10.0. The first-order valence-electron chi connectivity index (χ1n) is 9.05. The maximum absolute atomic E-state index is 14.6. The normalized spacial score (nSPS) is 14.0. The first-order chi connectivity index (χ1) is 13.1. The Morgan fingerprint density at radius 2 is 1.59 bits per heavy atom. The van der Waals surface area contributed by atoms with Crippen molar-refractivity contribution in [3.05, 3.63) is 77.2 Å². The molecule has 1 aromatic heterocycles. The average molecular weight is 382 g/mol. The summed E-state index contributed by atoms with van der Waals surface area (Å²) in [7, 11) is 0. The lowest BCUT2D eigenvalue weighted by Gasteiger charge is -2.13. The minimum atomic E-state index is -0.920. The van der Waals surface area contributed by atoms with Gasteiger partial charge in [0.1, 0.15) is 0 Å². The Labute approximate surface area is 161 Å². The standard InChI is InChI=1S/C23H20F2OS/c1-15-6-13-21(27-15)18-9-7-17(8-10-18)19-11-12-20(23(25)22(19)24)26-14-16-4-2-3-5-16/h2-3,6-13,16H,4-5,14H2,1H3. The van der Waals surface area contributed by atoms with Crippen LogP contribution in [0.15, 0.2) is 60.7 Å². The third-order valence-corrected chi connectivity index (χ3v) is 5.90. The summed E-state index contributed by atoms with van der Waals surface area (Å²) in [6, 6.07) is 14.8. The monoisotopic (exact) mass is 382 g/mol. The van der Waals surface area contributed by atoms with Crippen molar-refractivity contribution in [2.24, 2.45) is 5.92 Å². The second-order valence-electron chi connectivity index (χ2n) is 6.85.